The quantitative estimate of drug-likeness (QED) is 0.0782. The number of nitrogens with two attached hydrogens (primary N) is 1. The second-order valence-corrected chi connectivity index (χ2v) is 9.76. The van der Waals surface area contributed by atoms with Gasteiger partial charge in [0.2, 0.25) is 6.10 Å². The number of aliphatic hydroxyl groups excluding tert-OH is 2. The van der Waals surface area contributed by atoms with Crippen LogP contribution in [0.3, 0.4) is 0 Å². The fourth-order valence-electron chi connectivity index (χ4n) is 3.73. The van der Waals surface area contributed by atoms with Crippen molar-refractivity contribution >= 4 is 15.6 Å². The highest BCUT2D eigenvalue weighted by Gasteiger charge is 2.87. The van der Waals surface area contributed by atoms with Crippen molar-refractivity contribution < 1.29 is 52.3 Å². The van der Waals surface area contributed by atoms with Gasteiger partial charge >= 0.3 is 27.7 Å². The average molecular weight is 461 g/mol. The highest BCUT2D eigenvalue weighted by molar-refractivity contribution is 7.60. The number of phosphoric acid groups is 2. The molecule has 0 aromatic carbocycles. The van der Waals surface area contributed by atoms with Crippen molar-refractivity contribution in [2.45, 2.75) is 36.7 Å². The van der Waals surface area contributed by atoms with Gasteiger partial charge < -0.3 is 41.3 Å². The van der Waals surface area contributed by atoms with Crippen LogP contribution in [-0.2, 0) is 27.4 Å². The van der Waals surface area contributed by atoms with Gasteiger partial charge in [-0.25, -0.2) is 14.6 Å². The first kappa shape index (κ1) is 20.0. The van der Waals surface area contributed by atoms with Crippen molar-refractivity contribution in [1.29, 1.82) is 0 Å². The van der Waals surface area contributed by atoms with E-state index in [-0.39, 0.29) is 13.0 Å². The van der Waals surface area contributed by atoms with Crippen molar-refractivity contribution in [2.24, 2.45) is 5.73 Å². The Morgan fingerprint density at radius 2 is 2.07 bits per heavy atom. The lowest BCUT2D eigenvalue weighted by Gasteiger charge is -2.28. The summed E-state index contributed by atoms with van der Waals surface area (Å²) in [6, 6.07) is 0. The monoisotopic (exact) mass is 461 g/mol. The topological polar surface area (TPSA) is 247 Å². The Morgan fingerprint density at radius 3 is 2.76 bits per heavy atom. The number of fused-ring (bicyclic) bond motifs is 2. The Balaban J connectivity index is 1.31. The number of nitrogens with zero attached hydrogens (tertiary/aromatic N) is 2. The zero-order valence-electron chi connectivity index (χ0n) is 14.4. The van der Waals surface area contributed by atoms with Crippen LogP contribution < -0.4 is 21.8 Å². The van der Waals surface area contributed by atoms with Gasteiger partial charge in [-0.15, -0.1) is 0 Å². The summed E-state index contributed by atoms with van der Waals surface area (Å²) in [6.45, 7) is -0.623. The summed E-state index contributed by atoms with van der Waals surface area (Å²) in [5.74, 6) is -1.21. The predicted molar refractivity (Wildman–Crippen MR) is 86.4 cm³/mol. The van der Waals surface area contributed by atoms with Crippen molar-refractivity contribution in [3.05, 3.63) is 11.5 Å². The Kier molecular flexibility index (Phi) is 4.21. The molecule has 0 saturated carbocycles. The molecule has 10 N–H and O–H groups in total. The third kappa shape index (κ3) is 3.12. The van der Waals surface area contributed by atoms with E-state index in [4.69, 9.17) is 20.4 Å². The number of hydrogen-bond acceptors (Lipinski definition) is 13. The number of hydrazine groups is 1. The van der Waals surface area contributed by atoms with Gasteiger partial charge in [0.1, 0.15) is 12.0 Å². The van der Waals surface area contributed by atoms with Crippen LogP contribution >= 0.6 is 15.6 Å². The molecule has 8 atom stereocenters. The van der Waals surface area contributed by atoms with Crippen LogP contribution in [0, 0.1) is 0 Å². The molecule has 164 valence electrons. The van der Waals surface area contributed by atoms with Crippen LogP contribution in [0.2, 0.25) is 0 Å². The van der Waals surface area contributed by atoms with E-state index in [1.165, 1.54) is 0 Å². The van der Waals surface area contributed by atoms with Crippen LogP contribution in [0.25, 0.3) is 0 Å². The third-order valence-corrected chi connectivity index (χ3v) is 7.24. The molecule has 3 fully saturated rings. The molecule has 3 unspecified atom stereocenters. The summed E-state index contributed by atoms with van der Waals surface area (Å²) in [5, 5.41) is 28.9. The molecular formula is C10H19N6O11P2+. The smallest absolute Gasteiger partial charge is 0.380 e. The minimum absolute atomic E-state index is 0.187. The lowest BCUT2D eigenvalue weighted by atomic mass is 10.1. The summed E-state index contributed by atoms with van der Waals surface area (Å²) < 4.78 is 32.8. The second-order valence-electron chi connectivity index (χ2n) is 6.93. The van der Waals surface area contributed by atoms with Crippen LogP contribution in [0.15, 0.2) is 11.5 Å². The first-order valence-electron chi connectivity index (χ1n) is 8.28. The van der Waals surface area contributed by atoms with E-state index in [2.05, 4.69) is 29.4 Å². The van der Waals surface area contributed by atoms with E-state index in [0.29, 0.717) is 11.5 Å². The van der Waals surface area contributed by atoms with Gasteiger partial charge in [0, 0.05) is 0 Å². The normalized spacial score (nSPS) is 45.1. The summed E-state index contributed by atoms with van der Waals surface area (Å²) in [5.41, 5.74) is 9.75. The SMILES string of the molecule is NC1C2=C(N[C@@H]3NN13)N([C@H]1[C@H](O)[C@H](O)[C@]3(COP(=O)(O)OP(=O)(O)O)O[O+]13)CN2. The Morgan fingerprint density at radius 1 is 1.34 bits per heavy atom. The molecular weight excluding hydrogens is 442 g/mol. The number of aliphatic hydroxyl groups is 2. The molecule has 5 aliphatic rings. The molecule has 0 aliphatic carbocycles. The number of rotatable bonds is 6. The molecule has 0 amide bonds. The van der Waals surface area contributed by atoms with Gasteiger partial charge in [-0.2, -0.15) is 13.8 Å². The van der Waals surface area contributed by atoms with E-state index in [1.807, 2.05) is 0 Å². The first-order chi connectivity index (χ1) is 13.4. The molecule has 19 heteroatoms. The van der Waals surface area contributed by atoms with E-state index in [9.17, 15) is 24.2 Å². The standard InChI is InChI=1S/C10H18N6O11P2/c11-6-3-7(13-9-14-16(6)9)15(2-12-3)8-4(17)5(18)10(25-27(8)10)1-24-29(22,23)26-28(19,20)21/h4-6,8-9,12-14,17-18H,1-2,11H2,(H2-,19,20,21,22,23)/p+1/t4-,5+,6?,8-,9-,10-,16?/m1/s1. The minimum Gasteiger partial charge on any atom is -0.380 e. The van der Waals surface area contributed by atoms with Gasteiger partial charge in [0.25, 0.3) is 0 Å². The van der Waals surface area contributed by atoms with Crippen LogP contribution in [0.5, 0.6) is 0 Å². The molecule has 17 nitrogen and oxygen atoms in total. The number of phosphoric ester groups is 1. The van der Waals surface area contributed by atoms with Crippen molar-refractivity contribution in [2.75, 3.05) is 13.3 Å². The van der Waals surface area contributed by atoms with E-state index in [0.717, 1.165) is 0 Å². The Bertz CT molecular complexity index is 869. The first-order valence-corrected chi connectivity index (χ1v) is 11.3. The molecule has 0 bridgehead atoms. The van der Waals surface area contributed by atoms with E-state index in [1.54, 1.807) is 9.91 Å². The van der Waals surface area contributed by atoms with Crippen LogP contribution in [0.4, 0.5) is 0 Å². The lowest BCUT2D eigenvalue weighted by Crippen LogP contribution is -2.50. The summed E-state index contributed by atoms with van der Waals surface area (Å²) in [7, 11) is -10.5. The van der Waals surface area contributed by atoms with Crippen LogP contribution in [0.1, 0.15) is 0 Å². The van der Waals surface area contributed by atoms with Crippen LogP contribution in [-0.4, -0.2) is 84.8 Å². The van der Waals surface area contributed by atoms with Gasteiger partial charge in [-0.3, -0.25) is 9.42 Å². The van der Waals surface area contributed by atoms with Gasteiger partial charge in [-0.05, 0) is 4.89 Å². The number of hydrogen-bond donors (Lipinski definition) is 9. The van der Waals surface area contributed by atoms with Crippen molar-refractivity contribution in [1.82, 2.24) is 26.0 Å². The Labute approximate surface area is 162 Å². The maximum absolute atomic E-state index is 11.7. The fourth-order valence-corrected chi connectivity index (χ4v) is 5.33. The zero-order valence-corrected chi connectivity index (χ0v) is 16.1. The van der Waals surface area contributed by atoms with Gasteiger partial charge in [0.15, 0.2) is 19.0 Å². The highest BCUT2D eigenvalue weighted by Crippen LogP contribution is 2.61. The Hall–Kier alpha value is -0.880. The predicted octanol–water partition coefficient (Wildman–Crippen LogP) is -4.51. The van der Waals surface area contributed by atoms with E-state index >= 15 is 0 Å². The molecule has 0 aromatic rings. The third-order valence-electron chi connectivity index (χ3n) is 5.11. The molecule has 0 spiro atoms. The molecule has 3 saturated heterocycles. The molecule has 0 aromatic heterocycles. The minimum atomic E-state index is -5.30. The average Bonchev–Trinajstić information content (AvgIpc) is 3.46. The molecule has 5 aliphatic heterocycles. The summed E-state index contributed by atoms with van der Waals surface area (Å²) in [6.07, 6.45) is -4.63. The molecule has 5 rings (SSSR count). The van der Waals surface area contributed by atoms with Crippen molar-refractivity contribution in [3.8, 4) is 0 Å². The van der Waals surface area contributed by atoms with E-state index < -0.39 is 52.6 Å². The maximum atomic E-state index is 11.7. The fraction of sp³-hybridized carbons (Fsp3) is 0.800. The second kappa shape index (κ2) is 6.09. The van der Waals surface area contributed by atoms with Gasteiger partial charge in [0.05, 0.1) is 12.4 Å². The molecule has 5 heterocycles. The number of nitrogens with one attached hydrogen (secondary N) is 3. The largest absolute Gasteiger partial charge is 0.481 e. The highest BCUT2D eigenvalue weighted by atomic mass is 31.3. The summed E-state index contributed by atoms with van der Waals surface area (Å²) in [4.78, 5) is 33.6. The lowest BCUT2D eigenvalue weighted by molar-refractivity contribution is -0.263. The van der Waals surface area contributed by atoms with Crippen molar-refractivity contribution in [3.63, 3.8) is 0 Å². The molecule has 29 heavy (non-hydrogen) atoms. The van der Waals surface area contributed by atoms with Gasteiger partial charge in [-0.1, -0.05) is 0 Å². The summed E-state index contributed by atoms with van der Waals surface area (Å²) >= 11 is 0. The molecule has 0 radical (unpaired) electrons. The maximum Gasteiger partial charge on any atom is 0.481 e. The zero-order chi connectivity index (χ0) is 20.9.